The maximum absolute atomic E-state index is 14.0. The Hall–Kier alpha value is -1.62. The van der Waals surface area contributed by atoms with Gasteiger partial charge in [0, 0.05) is 24.3 Å². The molecule has 1 aromatic rings. The second kappa shape index (κ2) is 5.05. The van der Waals surface area contributed by atoms with Gasteiger partial charge in [0.2, 0.25) is 0 Å². The zero-order valence-electron chi connectivity index (χ0n) is 12.3. The Kier molecular flexibility index (Phi) is 3.73. The van der Waals surface area contributed by atoms with E-state index in [1.807, 2.05) is 13.8 Å². The largest absolute Gasteiger partial charge is 0.399 e. The predicted octanol–water partition coefficient (Wildman–Crippen LogP) is 2.26. The summed E-state index contributed by atoms with van der Waals surface area (Å²) in [5.41, 5.74) is 6.28. The van der Waals surface area contributed by atoms with Crippen LogP contribution in [-0.4, -0.2) is 25.2 Å². The van der Waals surface area contributed by atoms with Gasteiger partial charge in [-0.25, -0.2) is 4.39 Å². The summed E-state index contributed by atoms with van der Waals surface area (Å²) in [4.78, 5) is 12.2. The number of ether oxygens (including phenoxy) is 1. The molecule has 1 aliphatic rings. The number of aryl methyl sites for hydroxylation is 1. The average molecular weight is 280 g/mol. The van der Waals surface area contributed by atoms with E-state index in [-0.39, 0.29) is 23.1 Å². The Balaban J connectivity index is 2.15. The lowest BCUT2D eigenvalue weighted by Crippen LogP contribution is -2.61. The summed E-state index contributed by atoms with van der Waals surface area (Å²) in [7, 11) is 1.66. The Bertz CT molecular complexity index is 543. The van der Waals surface area contributed by atoms with Crippen LogP contribution in [0.1, 0.15) is 36.2 Å². The van der Waals surface area contributed by atoms with Crippen molar-refractivity contribution in [3.63, 3.8) is 0 Å². The van der Waals surface area contributed by atoms with Gasteiger partial charge in [-0.05, 0) is 31.0 Å². The van der Waals surface area contributed by atoms with E-state index >= 15 is 0 Å². The van der Waals surface area contributed by atoms with Gasteiger partial charge >= 0.3 is 0 Å². The summed E-state index contributed by atoms with van der Waals surface area (Å²) in [5, 5.41) is 2.87. The SMILES string of the molecule is COC1CC(NC(=O)c2cc(N)cc(C)c2F)C1(C)C. The molecule has 2 unspecified atom stereocenters. The van der Waals surface area contributed by atoms with Crippen LogP contribution in [0.2, 0.25) is 0 Å². The number of rotatable bonds is 3. The molecule has 0 heterocycles. The maximum atomic E-state index is 14.0. The van der Waals surface area contributed by atoms with Crippen LogP contribution in [0.3, 0.4) is 0 Å². The number of nitrogens with one attached hydrogen (secondary N) is 1. The standard InChI is InChI=1S/C15H21FN2O2/c1-8-5-9(17)6-10(13(8)16)14(19)18-11-7-12(20-4)15(11,2)3/h5-6,11-12H,7,17H2,1-4H3,(H,18,19). The van der Waals surface area contributed by atoms with Crippen molar-refractivity contribution in [2.24, 2.45) is 5.41 Å². The minimum absolute atomic E-state index is 0.000771. The monoisotopic (exact) mass is 280 g/mol. The van der Waals surface area contributed by atoms with E-state index in [0.29, 0.717) is 11.3 Å². The zero-order valence-corrected chi connectivity index (χ0v) is 12.3. The minimum Gasteiger partial charge on any atom is -0.399 e. The van der Waals surface area contributed by atoms with Crippen LogP contribution >= 0.6 is 0 Å². The summed E-state index contributed by atoms with van der Waals surface area (Å²) in [6.07, 6.45) is 0.846. The molecule has 2 rings (SSSR count). The third kappa shape index (κ3) is 2.38. The molecule has 0 radical (unpaired) electrons. The van der Waals surface area contributed by atoms with E-state index in [1.165, 1.54) is 12.1 Å². The highest BCUT2D eigenvalue weighted by atomic mass is 19.1. The summed E-state index contributed by atoms with van der Waals surface area (Å²) in [5.74, 6) is -0.942. The number of methoxy groups -OCH3 is 1. The molecule has 2 atom stereocenters. The fourth-order valence-corrected chi connectivity index (χ4v) is 2.73. The molecule has 0 aliphatic heterocycles. The van der Waals surface area contributed by atoms with Gasteiger partial charge in [-0.1, -0.05) is 13.8 Å². The van der Waals surface area contributed by atoms with Crippen molar-refractivity contribution in [3.05, 3.63) is 29.1 Å². The van der Waals surface area contributed by atoms with Crippen LogP contribution in [0, 0.1) is 18.2 Å². The Labute approximate surface area is 118 Å². The molecule has 0 spiro atoms. The lowest BCUT2D eigenvalue weighted by molar-refractivity contribution is -0.0942. The number of carbonyl (C=O) groups excluding carboxylic acids is 1. The normalized spacial score (nSPS) is 24.1. The van der Waals surface area contributed by atoms with E-state index in [0.717, 1.165) is 6.42 Å². The van der Waals surface area contributed by atoms with Gasteiger partial charge in [-0.2, -0.15) is 0 Å². The smallest absolute Gasteiger partial charge is 0.254 e. The number of hydrogen-bond acceptors (Lipinski definition) is 3. The Morgan fingerprint density at radius 2 is 2.15 bits per heavy atom. The highest BCUT2D eigenvalue weighted by molar-refractivity contribution is 5.96. The molecule has 1 aliphatic carbocycles. The van der Waals surface area contributed by atoms with Crippen molar-refractivity contribution in [1.82, 2.24) is 5.32 Å². The number of benzene rings is 1. The van der Waals surface area contributed by atoms with Crippen molar-refractivity contribution in [2.45, 2.75) is 39.3 Å². The molecule has 0 bridgehead atoms. The van der Waals surface area contributed by atoms with E-state index in [1.54, 1.807) is 14.0 Å². The van der Waals surface area contributed by atoms with Gasteiger partial charge in [0.05, 0.1) is 11.7 Å². The van der Waals surface area contributed by atoms with Crippen molar-refractivity contribution >= 4 is 11.6 Å². The molecule has 110 valence electrons. The highest BCUT2D eigenvalue weighted by Crippen LogP contribution is 2.42. The van der Waals surface area contributed by atoms with Gasteiger partial charge < -0.3 is 15.8 Å². The van der Waals surface area contributed by atoms with E-state index in [2.05, 4.69) is 5.32 Å². The second-order valence-electron chi connectivity index (χ2n) is 6.01. The van der Waals surface area contributed by atoms with Crippen LogP contribution in [0.25, 0.3) is 0 Å². The first-order chi connectivity index (χ1) is 9.27. The fourth-order valence-electron chi connectivity index (χ4n) is 2.73. The van der Waals surface area contributed by atoms with Crippen LogP contribution in [0.5, 0.6) is 0 Å². The lowest BCUT2D eigenvalue weighted by Gasteiger charge is -2.51. The molecule has 1 aromatic carbocycles. The van der Waals surface area contributed by atoms with Crippen LogP contribution in [-0.2, 0) is 4.74 Å². The number of nitrogens with two attached hydrogens (primary N) is 1. The molecule has 0 saturated heterocycles. The Morgan fingerprint density at radius 3 is 2.70 bits per heavy atom. The third-order valence-corrected chi connectivity index (χ3v) is 4.29. The second-order valence-corrected chi connectivity index (χ2v) is 6.01. The van der Waals surface area contributed by atoms with E-state index in [4.69, 9.17) is 10.5 Å². The quantitative estimate of drug-likeness (QED) is 0.835. The van der Waals surface area contributed by atoms with Gasteiger partial charge in [0.1, 0.15) is 5.82 Å². The van der Waals surface area contributed by atoms with Crippen molar-refractivity contribution in [1.29, 1.82) is 0 Å². The lowest BCUT2D eigenvalue weighted by atomic mass is 9.64. The minimum atomic E-state index is -0.517. The number of hydrogen-bond donors (Lipinski definition) is 2. The fraction of sp³-hybridized carbons (Fsp3) is 0.533. The summed E-state index contributed by atoms with van der Waals surface area (Å²) < 4.78 is 19.3. The van der Waals surface area contributed by atoms with E-state index in [9.17, 15) is 9.18 Å². The molecule has 0 aromatic heterocycles. The highest BCUT2D eigenvalue weighted by Gasteiger charge is 2.49. The molecule has 4 nitrogen and oxygen atoms in total. The molecule has 3 N–H and O–H groups in total. The maximum Gasteiger partial charge on any atom is 0.254 e. The number of nitrogen functional groups attached to an aromatic ring is 1. The number of carbonyl (C=O) groups is 1. The summed E-state index contributed by atoms with van der Waals surface area (Å²) >= 11 is 0. The Morgan fingerprint density at radius 1 is 1.50 bits per heavy atom. The van der Waals surface area contributed by atoms with Crippen molar-refractivity contribution in [2.75, 3.05) is 12.8 Å². The van der Waals surface area contributed by atoms with Gasteiger partial charge in [-0.3, -0.25) is 4.79 Å². The topological polar surface area (TPSA) is 64.3 Å². The van der Waals surface area contributed by atoms with Gasteiger partial charge in [0.15, 0.2) is 0 Å². The van der Waals surface area contributed by atoms with E-state index < -0.39 is 11.7 Å². The number of amides is 1. The van der Waals surface area contributed by atoms with Gasteiger partial charge in [0.25, 0.3) is 5.91 Å². The molecule has 1 amide bonds. The molecule has 20 heavy (non-hydrogen) atoms. The third-order valence-electron chi connectivity index (χ3n) is 4.29. The molecule has 1 fully saturated rings. The summed E-state index contributed by atoms with van der Waals surface area (Å²) in [6.45, 7) is 5.64. The molecular weight excluding hydrogens is 259 g/mol. The first-order valence-electron chi connectivity index (χ1n) is 6.66. The van der Waals surface area contributed by atoms with Crippen LogP contribution in [0.4, 0.5) is 10.1 Å². The molecule has 5 heteroatoms. The first-order valence-corrected chi connectivity index (χ1v) is 6.66. The predicted molar refractivity (Wildman–Crippen MR) is 76.0 cm³/mol. The molecule has 1 saturated carbocycles. The summed E-state index contributed by atoms with van der Waals surface area (Å²) in [6, 6.07) is 2.86. The molecular formula is C15H21FN2O2. The number of anilines is 1. The van der Waals surface area contributed by atoms with Crippen molar-refractivity contribution < 1.29 is 13.9 Å². The average Bonchev–Trinajstić information content (AvgIpc) is 2.37. The van der Waals surface area contributed by atoms with Gasteiger partial charge in [-0.15, -0.1) is 0 Å². The number of halogens is 1. The van der Waals surface area contributed by atoms with Crippen LogP contribution in [0.15, 0.2) is 12.1 Å². The van der Waals surface area contributed by atoms with Crippen LogP contribution < -0.4 is 11.1 Å². The zero-order chi connectivity index (χ0) is 15.1. The first kappa shape index (κ1) is 14.8. The van der Waals surface area contributed by atoms with Crippen molar-refractivity contribution in [3.8, 4) is 0 Å².